The van der Waals surface area contributed by atoms with Crippen LogP contribution in [0.25, 0.3) is 0 Å². The Morgan fingerprint density at radius 3 is 2.32 bits per heavy atom. The van der Waals surface area contributed by atoms with E-state index >= 15 is 4.39 Å². The summed E-state index contributed by atoms with van der Waals surface area (Å²) in [6.07, 6.45) is 7.93. The van der Waals surface area contributed by atoms with E-state index in [1.54, 1.807) is 17.9 Å². The maximum Gasteiger partial charge on any atom is 0.245 e. The average Bonchev–Trinajstić information content (AvgIpc) is 3.03. The lowest BCUT2D eigenvalue weighted by Crippen LogP contribution is -2.55. The zero-order valence-corrected chi connectivity index (χ0v) is 26.8. The van der Waals surface area contributed by atoms with Crippen molar-refractivity contribution in [3.63, 3.8) is 0 Å². The van der Waals surface area contributed by atoms with Gasteiger partial charge in [0.25, 0.3) is 0 Å². The molecule has 1 aromatic rings. The monoisotopic (exact) mass is 613 g/mol. The molecule has 3 fully saturated rings. The van der Waals surface area contributed by atoms with Gasteiger partial charge < -0.3 is 25.8 Å². The second-order valence-corrected chi connectivity index (χ2v) is 13.2. The molecule has 0 aromatic heterocycles. The molecule has 3 amide bonds. The first kappa shape index (κ1) is 34.0. The Morgan fingerprint density at radius 2 is 1.68 bits per heavy atom. The summed E-state index contributed by atoms with van der Waals surface area (Å²) in [6, 6.07) is 3.77. The maximum absolute atomic E-state index is 15.6. The lowest BCUT2D eigenvalue weighted by atomic mass is 9.76. The number of amides is 3. The largest absolute Gasteiger partial charge is 0.344 e. The topological polar surface area (TPSA) is 111 Å². The molecule has 4 rings (SSSR count). The normalized spacial score (nSPS) is 20.9. The number of ketones is 1. The number of piperidine rings is 1. The van der Waals surface area contributed by atoms with Crippen LogP contribution in [0.15, 0.2) is 18.2 Å². The second kappa shape index (κ2) is 16.5. The van der Waals surface area contributed by atoms with Crippen molar-refractivity contribution in [2.24, 2.45) is 17.8 Å². The number of carbonyl (C=O) groups excluding carboxylic acids is 4. The highest BCUT2D eigenvalue weighted by Crippen LogP contribution is 2.34. The minimum Gasteiger partial charge on any atom is -0.344 e. The fourth-order valence-electron chi connectivity index (χ4n) is 6.98. The standard InChI is InChI=1S/C34H52FN5O4/c1-4-31(42)38-32(34(44)40-18-16-39(3)17-19-40)23(2)26-10-11-30(29(35)21-26)37-33(43)28(25-8-6-5-7-9-25)22-27(41)20-24-12-14-36-15-13-24/h10-11,21,23-25,28,32,36H,4-9,12-20,22H2,1-3H3,(H,37,43)(H,38,42)/t23-,28-,32+/m0/s1. The molecule has 3 atom stereocenters. The zero-order valence-electron chi connectivity index (χ0n) is 26.8. The van der Waals surface area contributed by atoms with Crippen LogP contribution in [0.1, 0.15) is 89.5 Å². The molecule has 3 aliphatic rings. The van der Waals surface area contributed by atoms with Crippen molar-refractivity contribution in [3.05, 3.63) is 29.6 Å². The Hall–Kier alpha value is -2.85. The van der Waals surface area contributed by atoms with Crippen LogP contribution < -0.4 is 16.0 Å². The number of halogens is 1. The van der Waals surface area contributed by atoms with Gasteiger partial charge in [-0.25, -0.2) is 4.39 Å². The van der Waals surface area contributed by atoms with Crippen LogP contribution in [0.5, 0.6) is 0 Å². The van der Waals surface area contributed by atoms with Crippen molar-refractivity contribution in [2.45, 2.75) is 90.0 Å². The molecule has 2 aliphatic heterocycles. The summed E-state index contributed by atoms with van der Waals surface area (Å²) in [6.45, 7) is 8.05. The third kappa shape index (κ3) is 9.33. The molecule has 9 nitrogen and oxygen atoms in total. The summed E-state index contributed by atoms with van der Waals surface area (Å²) >= 11 is 0. The molecule has 1 aliphatic carbocycles. The fraction of sp³-hybridized carbons (Fsp3) is 0.706. The molecule has 0 bridgehead atoms. The second-order valence-electron chi connectivity index (χ2n) is 13.2. The van der Waals surface area contributed by atoms with Crippen molar-refractivity contribution < 1.29 is 23.6 Å². The maximum atomic E-state index is 15.6. The van der Waals surface area contributed by atoms with Crippen molar-refractivity contribution in [1.29, 1.82) is 0 Å². The summed E-state index contributed by atoms with van der Waals surface area (Å²) in [7, 11) is 2.01. The number of likely N-dealkylation sites (N-methyl/N-ethyl adjacent to an activating group) is 1. The number of hydrogen-bond donors (Lipinski definition) is 3. The van der Waals surface area contributed by atoms with Gasteiger partial charge in [0.15, 0.2) is 0 Å². The van der Waals surface area contributed by atoms with E-state index in [2.05, 4.69) is 20.9 Å². The van der Waals surface area contributed by atoms with Gasteiger partial charge in [0, 0.05) is 57.3 Å². The fourth-order valence-corrected chi connectivity index (χ4v) is 6.98. The minimum atomic E-state index is -0.827. The summed E-state index contributed by atoms with van der Waals surface area (Å²) in [5.41, 5.74) is 0.627. The lowest BCUT2D eigenvalue weighted by Gasteiger charge is -2.36. The third-order valence-corrected chi connectivity index (χ3v) is 9.97. The molecule has 10 heteroatoms. The molecular weight excluding hydrogens is 561 g/mol. The molecule has 1 aromatic carbocycles. The van der Waals surface area contributed by atoms with Gasteiger partial charge in [-0.2, -0.15) is 0 Å². The van der Waals surface area contributed by atoms with E-state index < -0.39 is 23.7 Å². The molecule has 1 saturated carbocycles. The Bertz CT molecular complexity index is 1140. The molecule has 0 spiro atoms. The van der Waals surface area contributed by atoms with Gasteiger partial charge in [0.1, 0.15) is 17.6 Å². The van der Waals surface area contributed by atoms with Gasteiger partial charge >= 0.3 is 0 Å². The average molecular weight is 614 g/mol. The highest BCUT2D eigenvalue weighted by molar-refractivity contribution is 5.96. The van der Waals surface area contributed by atoms with Crippen LogP contribution in [0.3, 0.4) is 0 Å². The summed E-state index contributed by atoms with van der Waals surface area (Å²) in [5, 5.41) is 9.00. The minimum absolute atomic E-state index is 0.0668. The van der Waals surface area contributed by atoms with Crippen LogP contribution in [-0.4, -0.2) is 85.7 Å². The molecular formula is C34H52FN5O4. The number of hydrogen-bond acceptors (Lipinski definition) is 6. The van der Waals surface area contributed by atoms with Crippen LogP contribution in [0.4, 0.5) is 10.1 Å². The van der Waals surface area contributed by atoms with Gasteiger partial charge in [0.2, 0.25) is 17.7 Å². The van der Waals surface area contributed by atoms with Crippen LogP contribution >= 0.6 is 0 Å². The van der Waals surface area contributed by atoms with Gasteiger partial charge in [-0.05, 0) is 75.4 Å². The molecule has 2 saturated heterocycles. The number of carbonyl (C=O) groups is 4. The Labute approximate surface area is 262 Å². The predicted octanol–water partition coefficient (Wildman–Crippen LogP) is 4.08. The lowest BCUT2D eigenvalue weighted by molar-refractivity contribution is -0.138. The Balaban J connectivity index is 1.46. The van der Waals surface area contributed by atoms with Crippen molar-refractivity contribution in [2.75, 3.05) is 51.6 Å². The number of piperazine rings is 1. The first-order valence-electron chi connectivity index (χ1n) is 16.8. The highest BCUT2D eigenvalue weighted by Gasteiger charge is 2.34. The van der Waals surface area contributed by atoms with E-state index in [4.69, 9.17) is 0 Å². The van der Waals surface area contributed by atoms with Crippen molar-refractivity contribution in [3.8, 4) is 0 Å². The van der Waals surface area contributed by atoms with Crippen LogP contribution in [0.2, 0.25) is 0 Å². The van der Waals surface area contributed by atoms with Gasteiger partial charge in [0.05, 0.1) is 5.69 Å². The smallest absolute Gasteiger partial charge is 0.245 e. The van der Waals surface area contributed by atoms with Gasteiger partial charge in [-0.1, -0.05) is 39.2 Å². The van der Waals surface area contributed by atoms with Crippen LogP contribution in [0, 0.1) is 23.6 Å². The molecule has 3 N–H and O–H groups in total. The van der Waals surface area contributed by atoms with Crippen molar-refractivity contribution >= 4 is 29.2 Å². The molecule has 0 radical (unpaired) electrons. The third-order valence-electron chi connectivity index (χ3n) is 9.97. The van der Waals surface area contributed by atoms with E-state index in [0.717, 1.165) is 71.1 Å². The van der Waals surface area contributed by atoms with Gasteiger partial charge in [-0.15, -0.1) is 0 Å². The SMILES string of the molecule is CCC(=O)N[C@@H](C(=O)N1CCN(C)CC1)[C@@H](C)c1ccc(NC(=O)[C@@H](CC(=O)CC2CCNCC2)C2CCCCC2)c(F)c1. The van der Waals surface area contributed by atoms with E-state index in [-0.39, 0.29) is 48.0 Å². The highest BCUT2D eigenvalue weighted by atomic mass is 19.1. The summed E-state index contributed by atoms with van der Waals surface area (Å²) in [5.74, 6) is -1.67. The van der Waals surface area contributed by atoms with E-state index in [9.17, 15) is 19.2 Å². The van der Waals surface area contributed by atoms with E-state index in [0.29, 0.717) is 31.0 Å². The molecule has 2 heterocycles. The van der Waals surface area contributed by atoms with Crippen molar-refractivity contribution in [1.82, 2.24) is 20.4 Å². The molecule has 0 unspecified atom stereocenters. The zero-order chi connectivity index (χ0) is 31.6. The van der Waals surface area contributed by atoms with E-state index in [1.807, 2.05) is 14.0 Å². The predicted molar refractivity (Wildman–Crippen MR) is 170 cm³/mol. The Kier molecular flexibility index (Phi) is 12.7. The summed E-state index contributed by atoms with van der Waals surface area (Å²) < 4.78 is 15.6. The summed E-state index contributed by atoms with van der Waals surface area (Å²) in [4.78, 5) is 56.6. The number of rotatable bonds is 12. The number of anilines is 1. The number of nitrogens with zero attached hydrogens (tertiary/aromatic N) is 2. The molecule has 244 valence electrons. The van der Waals surface area contributed by atoms with Gasteiger partial charge in [-0.3, -0.25) is 19.2 Å². The first-order valence-corrected chi connectivity index (χ1v) is 16.8. The first-order chi connectivity index (χ1) is 21.2. The number of nitrogens with one attached hydrogen (secondary N) is 3. The van der Waals surface area contributed by atoms with E-state index in [1.165, 1.54) is 12.1 Å². The quantitative estimate of drug-likeness (QED) is 0.328. The number of benzene rings is 1. The number of Topliss-reactive ketones (excluding diaryl/α,β-unsaturated/α-hetero) is 1. The Morgan fingerprint density at radius 1 is 1.00 bits per heavy atom. The molecule has 44 heavy (non-hydrogen) atoms. The van der Waals surface area contributed by atoms with Crippen LogP contribution in [-0.2, 0) is 19.2 Å².